The van der Waals surface area contributed by atoms with Crippen molar-refractivity contribution >= 4 is 5.97 Å². The quantitative estimate of drug-likeness (QED) is 0.0558. The minimum absolute atomic E-state index is 0.205. The lowest BCUT2D eigenvalue weighted by Gasteiger charge is -2.45. The van der Waals surface area contributed by atoms with Gasteiger partial charge in [-0.2, -0.15) is 0 Å². The summed E-state index contributed by atoms with van der Waals surface area (Å²) in [4.78, 5) is 12.3. The van der Waals surface area contributed by atoms with E-state index >= 15 is 0 Å². The molecule has 0 spiro atoms. The number of aliphatic hydroxyl groups is 7. The van der Waals surface area contributed by atoms with E-state index in [1.54, 1.807) is 0 Å². The Labute approximate surface area is 275 Å². The summed E-state index contributed by atoms with van der Waals surface area (Å²) in [6, 6.07) is 0. The maximum absolute atomic E-state index is 12.3. The molecule has 0 unspecified atom stereocenters. The topological polar surface area (TPSA) is 196 Å². The summed E-state index contributed by atoms with van der Waals surface area (Å²) < 4.78 is 21.3. The van der Waals surface area contributed by atoms with Crippen molar-refractivity contribution in [3.63, 3.8) is 0 Å². The summed E-state index contributed by atoms with van der Waals surface area (Å²) in [5, 5.41) is 70.4. The van der Waals surface area contributed by atoms with Gasteiger partial charge in [0.15, 0.2) is 12.6 Å². The van der Waals surface area contributed by atoms with E-state index in [9.17, 15) is 40.5 Å². The van der Waals surface area contributed by atoms with Gasteiger partial charge in [-0.3, -0.25) is 4.79 Å². The molecular weight excluding hydrogens is 600 g/mol. The standard InChI is InChI=1S/C34H64O12/c1-2-3-4-5-6-7-8-9-10-11-12-13-14-15-16-17-18-19-20-21-26(36)43-23-25-27(37)28(38)31(41)34(45-25)46-32-24(22-35)44-33(42)30(40)29(32)39/h24-25,27-35,37-42H,2-23H2,1H3/t24-,25-,27+,28+,29-,30-,31-,32-,33+,34+/m1/s1. The lowest BCUT2D eigenvalue weighted by Crippen LogP contribution is -2.64. The highest BCUT2D eigenvalue weighted by Crippen LogP contribution is 2.29. The van der Waals surface area contributed by atoms with E-state index in [1.807, 2.05) is 0 Å². The molecule has 0 amide bonds. The van der Waals surface area contributed by atoms with Gasteiger partial charge in [0.05, 0.1) is 6.61 Å². The van der Waals surface area contributed by atoms with E-state index in [0.29, 0.717) is 6.42 Å². The molecule has 2 aliphatic heterocycles. The Balaban J connectivity index is 1.51. The van der Waals surface area contributed by atoms with Crippen LogP contribution in [0.3, 0.4) is 0 Å². The lowest BCUT2D eigenvalue weighted by atomic mass is 9.97. The van der Waals surface area contributed by atoms with Crippen molar-refractivity contribution < 1.29 is 59.5 Å². The first-order valence-electron chi connectivity index (χ1n) is 18.0. The molecule has 2 fully saturated rings. The van der Waals surface area contributed by atoms with Crippen molar-refractivity contribution in [2.24, 2.45) is 0 Å². The first kappa shape index (κ1) is 41.2. The van der Waals surface area contributed by atoms with Crippen molar-refractivity contribution in [2.75, 3.05) is 13.2 Å². The van der Waals surface area contributed by atoms with Crippen LogP contribution in [0.4, 0.5) is 0 Å². The summed E-state index contributed by atoms with van der Waals surface area (Å²) in [6.45, 7) is 1.16. The molecule has 0 aromatic rings. The smallest absolute Gasteiger partial charge is 0.305 e. The second-order valence-electron chi connectivity index (χ2n) is 13.1. The van der Waals surface area contributed by atoms with Crippen LogP contribution in [-0.4, -0.2) is 116 Å². The minimum Gasteiger partial charge on any atom is -0.463 e. The van der Waals surface area contributed by atoms with Crippen LogP contribution < -0.4 is 0 Å². The molecule has 46 heavy (non-hydrogen) atoms. The third-order valence-electron chi connectivity index (χ3n) is 9.19. The molecule has 12 heteroatoms. The number of carbonyl (C=O) groups excluding carboxylic acids is 1. The molecule has 2 aliphatic rings. The van der Waals surface area contributed by atoms with Crippen molar-refractivity contribution in [1.82, 2.24) is 0 Å². The number of carbonyl (C=O) groups is 1. The molecule has 272 valence electrons. The van der Waals surface area contributed by atoms with Gasteiger partial charge in [0.1, 0.15) is 55.4 Å². The van der Waals surface area contributed by atoms with E-state index in [-0.39, 0.29) is 6.42 Å². The highest BCUT2D eigenvalue weighted by molar-refractivity contribution is 5.69. The van der Waals surface area contributed by atoms with Crippen LogP contribution in [0.5, 0.6) is 0 Å². The molecule has 10 atom stereocenters. The largest absolute Gasteiger partial charge is 0.463 e. The second kappa shape index (κ2) is 24.2. The van der Waals surface area contributed by atoms with Gasteiger partial charge in [-0.05, 0) is 6.42 Å². The van der Waals surface area contributed by atoms with Crippen molar-refractivity contribution in [3.8, 4) is 0 Å². The van der Waals surface area contributed by atoms with Crippen molar-refractivity contribution in [1.29, 1.82) is 0 Å². The average molecular weight is 665 g/mol. The fourth-order valence-electron chi connectivity index (χ4n) is 6.15. The van der Waals surface area contributed by atoms with Gasteiger partial charge >= 0.3 is 5.97 Å². The van der Waals surface area contributed by atoms with E-state index in [4.69, 9.17) is 18.9 Å². The normalized spacial score (nSPS) is 31.7. The Morgan fingerprint density at radius 3 is 1.52 bits per heavy atom. The number of hydrogen-bond acceptors (Lipinski definition) is 12. The predicted molar refractivity (Wildman–Crippen MR) is 171 cm³/mol. The SMILES string of the molecule is CCCCCCCCCCCCCCCCCCCCCC(=O)OC[C@H]1O[C@@H](O[C@H]2[C@H](O)[C@@H](O)[C@@H](O)O[C@@H]2CO)[C@H](O)[C@@H](O)[C@H]1O. The molecule has 2 heterocycles. The summed E-state index contributed by atoms with van der Waals surface area (Å²) in [5.74, 6) is -0.477. The summed E-state index contributed by atoms with van der Waals surface area (Å²) >= 11 is 0. The van der Waals surface area contributed by atoms with Crippen LogP contribution in [0.1, 0.15) is 135 Å². The third-order valence-corrected chi connectivity index (χ3v) is 9.19. The number of rotatable bonds is 25. The maximum Gasteiger partial charge on any atom is 0.305 e. The first-order chi connectivity index (χ1) is 22.2. The van der Waals surface area contributed by atoms with Gasteiger partial charge in [0.25, 0.3) is 0 Å². The van der Waals surface area contributed by atoms with E-state index in [1.165, 1.54) is 96.3 Å². The lowest BCUT2D eigenvalue weighted by molar-refractivity contribution is -0.355. The van der Waals surface area contributed by atoms with Gasteiger partial charge in [0.2, 0.25) is 0 Å². The molecule has 0 aromatic carbocycles. The number of ether oxygens (including phenoxy) is 4. The fraction of sp³-hybridized carbons (Fsp3) is 0.971. The van der Waals surface area contributed by atoms with Crippen LogP contribution in [0, 0.1) is 0 Å². The molecule has 0 saturated carbocycles. The molecule has 2 saturated heterocycles. The highest BCUT2D eigenvalue weighted by Gasteiger charge is 2.50. The Hall–Kier alpha value is -0.930. The molecule has 12 nitrogen and oxygen atoms in total. The van der Waals surface area contributed by atoms with Gasteiger partial charge in [0, 0.05) is 6.42 Å². The Bertz CT molecular complexity index is 770. The third kappa shape index (κ3) is 15.1. The fourth-order valence-corrected chi connectivity index (χ4v) is 6.15. The zero-order chi connectivity index (χ0) is 33.7. The zero-order valence-corrected chi connectivity index (χ0v) is 28.0. The number of esters is 1. The monoisotopic (exact) mass is 664 g/mol. The van der Waals surface area contributed by atoms with E-state index in [2.05, 4.69) is 6.92 Å². The van der Waals surface area contributed by atoms with Crippen LogP contribution in [0.2, 0.25) is 0 Å². The van der Waals surface area contributed by atoms with Crippen LogP contribution in [0.15, 0.2) is 0 Å². The predicted octanol–water partition coefficient (Wildman–Crippen LogP) is 2.98. The summed E-state index contributed by atoms with van der Waals surface area (Å²) in [7, 11) is 0. The molecule has 0 aromatic heterocycles. The average Bonchev–Trinajstić information content (AvgIpc) is 3.05. The number of hydrogen-bond donors (Lipinski definition) is 7. The second-order valence-corrected chi connectivity index (χ2v) is 13.1. The van der Waals surface area contributed by atoms with Gasteiger partial charge in [-0.15, -0.1) is 0 Å². The number of unbranched alkanes of at least 4 members (excludes halogenated alkanes) is 18. The maximum atomic E-state index is 12.3. The Morgan fingerprint density at radius 2 is 1.04 bits per heavy atom. The summed E-state index contributed by atoms with van der Waals surface area (Å²) in [6.07, 6.45) is 8.30. The van der Waals surface area contributed by atoms with Gasteiger partial charge in [-0.25, -0.2) is 0 Å². The van der Waals surface area contributed by atoms with Crippen LogP contribution in [-0.2, 0) is 23.7 Å². The van der Waals surface area contributed by atoms with Crippen LogP contribution in [0.25, 0.3) is 0 Å². The van der Waals surface area contributed by atoms with Gasteiger partial charge < -0.3 is 54.7 Å². The molecule has 0 radical (unpaired) electrons. The number of aliphatic hydroxyl groups excluding tert-OH is 7. The van der Waals surface area contributed by atoms with Crippen LogP contribution >= 0.6 is 0 Å². The van der Waals surface area contributed by atoms with E-state index < -0.39 is 80.6 Å². The van der Waals surface area contributed by atoms with Gasteiger partial charge in [-0.1, -0.05) is 122 Å². The molecular formula is C34H64O12. The molecule has 7 N–H and O–H groups in total. The zero-order valence-electron chi connectivity index (χ0n) is 28.0. The minimum atomic E-state index is -1.77. The Kier molecular flexibility index (Phi) is 21.7. The summed E-state index contributed by atoms with van der Waals surface area (Å²) in [5.41, 5.74) is 0. The van der Waals surface area contributed by atoms with E-state index in [0.717, 1.165) is 19.3 Å². The molecule has 0 aliphatic carbocycles. The Morgan fingerprint density at radius 1 is 0.565 bits per heavy atom. The van der Waals surface area contributed by atoms with Crippen molar-refractivity contribution in [2.45, 2.75) is 197 Å². The molecule has 0 bridgehead atoms. The first-order valence-corrected chi connectivity index (χ1v) is 18.0. The highest BCUT2D eigenvalue weighted by atomic mass is 16.7. The molecule has 2 rings (SSSR count). The van der Waals surface area contributed by atoms with Crippen molar-refractivity contribution in [3.05, 3.63) is 0 Å².